The second kappa shape index (κ2) is 7.86. The van der Waals surface area contributed by atoms with E-state index in [9.17, 15) is 4.79 Å². The standard InChI is InChI=1S/C17H20N2OS.ClH/c1-13-11-18-8-9-19(13)17(20)12-21-16-7-6-14-4-2-3-5-15(14)10-16;/h2-7,10,13,18H,8-9,11-12H2,1H3;1H/t13-;/m0./s1. The molecule has 1 amide bonds. The Labute approximate surface area is 141 Å². The van der Waals surface area contributed by atoms with Crippen molar-refractivity contribution in [3.63, 3.8) is 0 Å². The number of piperazine rings is 1. The molecule has 1 fully saturated rings. The highest BCUT2D eigenvalue weighted by Crippen LogP contribution is 2.24. The van der Waals surface area contributed by atoms with E-state index >= 15 is 0 Å². The summed E-state index contributed by atoms with van der Waals surface area (Å²) in [6, 6.07) is 15.0. The average molecular weight is 337 g/mol. The van der Waals surface area contributed by atoms with E-state index in [1.807, 2.05) is 17.0 Å². The zero-order valence-electron chi connectivity index (χ0n) is 12.6. The lowest BCUT2D eigenvalue weighted by atomic mass is 10.1. The van der Waals surface area contributed by atoms with Gasteiger partial charge in [0.25, 0.3) is 0 Å². The number of nitrogens with one attached hydrogen (secondary N) is 1. The molecular weight excluding hydrogens is 316 g/mol. The first kappa shape index (κ1) is 17.1. The van der Waals surface area contributed by atoms with Crippen LogP contribution in [0.15, 0.2) is 47.4 Å². The zero-order valence-corrected chi connectivity index (χ0v) is 14.3. The molecule has 0 bridgehead atoms. The molecule has 1 N–H and O–H groups in total. The molecule has 0 saturated carbocycles. The predicted molar refractivity (Wildman–Crippen MR) is 96.0 cm³/mol. The van der Waals surface area contributed by atoms with Gasteiger partial charge in [-0.25, -0.2) is 0 Å². The van der Waals surface area contributed by atoms with E-state index < -0.39 is 0 Å². The smallest absolute Gasteiger partial charge is 0.233 e. The molecule has 1 aliphatic rings. The van der Waals surface area contributed by atoms with Crippen molar-refractivity contribution in [2.45, 2.75) is 17.9 Å². The van der Waals surface area contributed by atoms with Gasteiger partial charge < -0.3 is 10.2 Å². The topological polar surface area (TPSA) is 32.3 Å². The fraction of sp³-hybridized carbons (Fsp3) is 0.353. The third kappa shape index (κ3) is 3.94. The SMILES string of the molecule is C[C@H]1CNCCN1C(=O)CSc1ccc2ccccc2c1.Cl. The maximum absolute atomic E-state index is 12.3. The monoisotopic (exact) mass is 336 g/mol. The number of carbonyl (C=O) groups is 1. The molecule has 1 atom stereocenters. The minimum Gasteiger partial charge on any atom is -0.337 e. The summed E-state index contributed by atoms with van der Waals surface area (Å²) in [6.45, 7) is 4.71. The quantitative estimate of drug-likeness (QED) is 0.874. The van der Waals surface area contributed by atoms with Crippen LogP contribution in [0.1, 0.15) is 6.92 Å². The van der Waals surface area contributed by atoms with Crippen LogP contribution < -0.4 is 5.32 Å². The molecule has 0 unspecified atom stereocenters. The van der Waals surface area contributed by atoms with Gasteiger partial charge in [-0.3, -0.25) is 4.79 Å². The van der Waals surface area contributed by atoms with Crippen LogP contribution in [0.2, 0.25) is 0 Å². The highest BCUT2D eigenvalue weighted by Gasteiger charge is 2.22. The number of fused-ring (bicyclic) bond motifs is 1. The van der Waals surface area contributed by atoms with Crippen LogP contribution in [-0.2, 0) is 4.79 Å². The number of benzene rings is 2. The predicted octanol–water partition coefficient (Wildman–Crippen LogP) is 3.17. The highest BCUT2D eigenvalue weighted by molar-refractivity contribution is 8.00. The second-order valence-electron chi connectivity index (χ2n) is 5.44. The summed E-state index contributed by atoms with van der Waals surface area (Å²) in [5.41, 5.74) is 0. The van der Waals surface area contributed by atoms with Crippen LogP contribution in [0.3, 0.4) is 0 Å². The minimum atomic E-state index is 0. The molecule has 3 nitrogen and oxygen atoms in total. The van der Waals surface area contributed by atoms with Crippen LogP contribution in [0, 0.1) is 0 Å². The molecule has 3 rings (SSSR count). The summed E-state index contributed by atoms with van der Waals surface area (Å²) in [6.07, 6.45) is 0. The molecule has 2 aromatic carbocycles. The van der Waals surface area contributed by atoms with Crippen molar-refractivity contribution >= 4 is 40.8 Å². The van der Waals surface area contributed by atoms with Crippen molar-refractivity contribution in [1.29, 1.82) is 0 Å². The van der Waals surface area contributed by atoms with Crippen LogP contribution in [0.4, 0.5) is 0 Å². The molecule has 22 heavy (non-hydrogen) atoms. The third-order valence-electron chi connectivity index (χ3n) is 3.90. The lowest BCUT2D eigenvalue weighted by Gasteiger charge is -2.33. The molecular formula is C17H21ClN2OS. The van der Waals surface area contributed by atoms with Crippen molar-refractivity contribution in [3.05, 3.63) is 42.5 Å². The van der Waals surface area contributed by atoms with Gasteiger partial charge in [0.2, 0.25) is 5.91 Å². The van der Waals surface area contributed by atoms with Crippen molar-refractivity contribution in [1.82, 2.24) is 10.2 Å². The van der Waals surface area contributed by atoms with Gasteiger partial charge in [0.1, 0.15) is 0 Å². The summed E-state index contributed by atoms with van der Waals surface area (Å²) >= 11 is 1.63. The molecule has 0 radical (unpaired) electrons. The summed E-state index contributed by atoms with van der Waals surface area (Å²) in [4.78, 5) is 15.5. The van der Waals surface area contributed by atoms with Crippen molar-refractivity contribution in [2.24, 2.45) is 0 Å². The molecule has 118 valence electrons. The van der Waals surface area contributed by atoms with Gasteiger partial charge >= 0.3 is 0 Å². The van der Waals surface area contributed by atoms with E-state index in [-0.39, 0.29) is 18.3 Å². The largest absolute Gasteiger partial charge is 0.337 e. The molecule has 0 aliphatic carbocycles. The van der Waals surface area contributed by atoms with Crippen molar-refractivity contribution in [2.75, 3.05) is 25.4 Å². The number of carbonyl (C=O) groups excluding carboxylic acids is 1. The zero-order chi connectivity index (χ0) is 14.7. The molecule has 2 aromatic rings. The lowest BCUT2D eigenvalue weighted by molar-refractivity contribution is -0.131. The van der Waals surface area contributed by atoms with Gasteiger partial charge in [-0.2, -0.15) is 0 Å². The maximum Gasteiger partial charge on any atom is 0.233 e. The summed E-state index contributed by atoms with van der Waals surface area (Å²) < 4.78 is 0. The van der Waals surface area contributed by atoms with Gasteiger partial charge in [0.05, 0.1) is 5.75 Å². The number of thioether (sulfide) groups is 1. The second-order valence-corrected chi connectivity index (χ2v) is 6.49. The number of amides is 1. The van der Waals surface area contributed by atoms with E-state index in [1.54, 1.807) is 11.8 Å². The Balaban J connectivity index is 0.00000176. The highest BCUT2D eigenvalue weighted by atomic mass is 35.5. The number of hydrogen-bond acceptors (Lipinski definition) is 3. The Hall–Kier alpha value is -1.23. The van der Waals surface area contributed by atoms with Gasteiger partial charge in [-0.15, -0.1) is 24.2 Å². The van der Waals surface area contributed by atoms with Gasteiger partial charge in [0, 0.05) is 30.6 Å². The van der Waals surface area contributed by atoms with Crippen molar-refractivity contribution < 1.29 is 4.79 Å². The van der Waals surface area contributed by atoms with Crippen LogP contribution in [-0.4, -0.2) is 42.2 Å². The Morgan fingerprint density at radius 3 is 2.82 bits per heavy atom. The van der Waals surface area contributed by atoms with Crippen molar-refractivity contribution in [3.8, 4) is 0 Å². The molecule has 1 aliphatic heterocycles. The Bertz CT molecular complexity index is 649. The van der Waals surface area contributed by atoms with E-state index in [1.165, 1.54) is 10.8 Å². The van der Waals surface area contributed by atoms with Gasteiger partial charge in [-0.1, -0.05) is 30.3 Å². The van der Waals surface area contributed by atoms with E-state index in [2.05, 4.69) is 42.6 Å². The van der Waals surface area contributed by atoms with E-state index in [0.717, 1.165) is 24.5 Å². The van der Waals surface area contributed by atoms with E-state index in [4.69, 9.17) is 0 Å². The van der Waals surface area contributed by atoms with E-state index in [0.29, 0.717) is 11.8 Å². The normalized spacial score (nSPS) is 18.0. The van der Waals surface area contributed by atoms with Crippen LogP contribution in [0.25, 0.3) is 10.8 Å². The van der Waals surface area contributed by atoms with Crippen LogP contribution >= 0.6 is 24.2 Å². The summed E-state index contributed by atoms with van der Waals surface area (Å²) in [5.74, 6) is 0.755. The molecule has 1 saturated heterocycles. The number of halogens is 1. The third-order valence-corrected chi connectivity index (χ3v) is 4.88. The molecule has 0 aromatic heterocycles. The molecule has 1 heterocycles. The Morgan fingerprint density at radius 2 is 2.05 bits per heavy atom. The number of nitrogens with zero attached hydrogens (tertiary/aromatic N) is 1. The molecule has 0 spiro atoms. The molecule has 5 heteroatoms. The van der Waals surface area contributed by atoms with Gasteiger partial charge in [0.15, 0.2) is 0 Å². The summed E-state index contributed by atoms with van der Waals surface area (Å²) in [5, 5.41) is 5.78. The lowest BCUT2D eigenvalue weighted by Crippen LogP contribution is -2.52. The maximum atomic E-state index is 12.3. The fourth-order valence-corrected chi connectivity index (χ4v) is 3.53. The average Bonchev–Trinajstić information content (AvgIpc) is 2.53. The first-order valence-electron chi connectivity index (χ1n) is 7.36. The van der Waals surface area contributed by atoms with Crippen LogP contribution in [0.5, 0.6) is 0 Å². The number of rotatable bonds is 3. The van der Waals surface area contributed by atoms with Gasteiger partial charge in [-0.05, 0) is 29.8 Å². The number of hydrogen-bond donors (Lipinski definition) is 1. The Kier molecular flexibility index (Phi) is 6.12. The Morgan fingerprint density at radius 1 is 1.27 bits per heavy atom. The summed E-state index contributed by atoms with van der Waals surface area (Å²) in [7, 11) is 0. The first-order valence-corrected chi connectivity index (χ1v) is 8.34. The minimum absolute atomic E-state index is 0. The fourth-order valence-electron chi connectivity index (χ4n) is 2.70. The first-order chi connectivity index (χ1) is 10.2.